The van der Waals surface area contributed by atoms with E-state index in [1.807, 2.05) is 0 Å². The molecule has 0 radical (unpaired) electrons. The van der Waals surface area contributed by atoms with Crippen LogP contribution in [0, 0.1) is 10.1 Å². The average Bonchev–Trinajstić information content (AvgIpc) is 2.50. The van der Waals surface area contributed by atoms with E-state index in [-0.39, 0.29) is 5.56 Å². The average molecular weight is 183 g/mol. The van der Waals surface area contributed by atoms with Gasteiger partial charge < -0.3 is 4.42 Å². The zero-order valence-corrected chi connectivity index (χ0v) is 6.64. The summed E-state index contributed by atoms with van der Waals surface area (Å²) in [5.41, 5.74) is -0.0679. The molecule has 0 aliphatic heterocycles. The molecule has 1 aromatic heterocycles. The van der Waals surface area contributed by atoms with Crippen molar-refractivity contribution in [2.24, 2.45) is 0 Å². The number of nitrogens with zero attached hydrogens (tertiary/aromatic N) is 1. The maximum atomic E-state index is 10.8. The zero-order chi connectivity index (χ0) is 10.0. The van der Waals surface area contributed by atoms with Crippen molar-refractivity contribution < 1.29 is 18.9 Å². The molecule has 0 fully saturated rings. The van der Waals surface area contributed by atoms with Crippen LogP contribution >= 0.6 is 0 Å². The van der Waals surface area contributed by atoms with Gasteiger partial charge >= 0.3 is 5.91 Å². The van der Waals surface area contributed by atoms with Crippen LogP contribution < -0.4 is 0 Å². The van der Waals surface area contributed by atoms with Gasteiger partial charge in [0.2, 0.25) is 0 Å². The van der Waals surface area contributed by atoms with Crippen molar-refractivity contribution in [3.05, 3.63) is 33.8 Å². The monoisotopic (exact) mass is 183 g/mol. The van der Waals surface area contributed by atoms with Gasteiger partial charge in [0, 0.05) is 0 Å². The molecule has 6 nitrogen and oxygen atoms in total. The molecule has 13 heavy (non-hydrogen) atoms. The Morgan fingerprint density at radius 1 is 1.54 bits per heavy atom. The van der Waals surface area contributed by atoms with Gasteiger partial charge in [0.05, 0.1) is 11.8 Å². The number of Topliss-reactive ketones (excluding diaryl/α,β-unsaturated/α-hetero) is 1. The molecule has 0 atom stereocenters. The van der Waals surface area contributed by atoms with E-state index in [9.17, 15) is 19.7 Å². The van der Waals surface area contributed by atoms with Gasteiger partial charge in [-0.15, -0.1) is 0 Å². The summed E-state index contributed by atoms with van der Waals surface area (Å²) in [7, 11) is 0. The molecule has 68 valence electrons. The van der Waals surface area contributed by atoms with Gasteiger partial charge in [0.1, 0.15) is 4.92 Å². The summed E-state index contributed by atoms with van der Waals surface area (Å²) in [6.07, 6.45) is 1.06. The predicted molar refractivity (Wildman–Crippen MR) is 40.0 cm³/mol. The Hall–Kier alpha value is -1.98. The summed E-state index contributed by atoms with van der Waals surface area (Å²) >= 11 is 0. The molecule has 6 heteroatoms. The number of ketones is 1. The summed E-state index contributed by atoms with van der Waals surface area (Å²) in [6, 6.07) is 1.22. The molecule has 1 aromatic rings. The summed E-state index contributed by atoms with van der Waals surface area (Å²) in [5, 5.41) is 10.1. The minimum atomic E-state index is -1.41. The lowest BCUT2D eigenvalue weighted by atomic mass is 10.2. The van der Waals surface area contributed by atoms with Gasteiger partial charge in [-0.05, 0) is 13.0 Å². The number of carbonyl (C=O) groups excluding carboxylic acids is 2. The molecular weight excluding hydrogens is 178 g/mol. The molecule has 1 amide bonds. The van der Waals surface area contributed by atoms with E-state index in [4.69, 9.17) is 0 Å². The van der Waals surface area contributed by atoms with Gasteiger partial charge in [-0.2, -0.15) is 0 Å². The molecule has 1 rings (SSSR count). The maximum Gasteiger partial charge on any atom is 0.512 e. The second-order valence-corrected chi connectivity index (χ2v) is 2.28. The Kier molecular flexibility index (Phi) is 2.23. The van der Waals surface area contributed by atoms with Crippen LogP contribution in [0.2, 0.25) is 0 Å². The van der Waals surface area contributed by atoms with Crippen molar-refractivity contribution in [1.82, 2.24) is 0 Å². The van der Waals surface area contributed by atoms with E-state index in [0.29, 0.717) is 0 Å². The molecule has 0 spiro atoms. The summed E-state index contributed by atoms with van der Waals surface area (Å²) in [4.78, 5) is 30.5. The number of carbonyl (C=O) groups is 2. The molecule has 0 aromatic carbocycles. The van der Waals surface area contributed by atoms with E-state index >= 15 is 0 Å². The quantitative estimate of drug-likeness (QED) is 0.386. The van der Waals surface area contributed by atoms with Crippen LogP contribution in [0.3, 0.4) is 0 Å². The van der Waals surface area contributed by atoms with Crippen LogP contribution in [0.5, 0.6) is 0 Å². The first-order valence-electron chi connectivity index (χ1n) is 3.31. The number of rotatable bonds is 2. The van der Waals surface area contributed by atoms with E-state index in [1.54, 1.807) is 0 Å². The maximum absolute atomic E-state index is 10.8. The molecule has 0 aliphatic carbocycles. The number of amides is 1. The number of hydrogen-bond acceptors (Lipinski definition) is 5. The molecule has 1 heterocycles. The Morgan fingerprint density at radius 2 is 2.15 bits per heavy atom. The van der Waals surface area contributed by atoms with E-state index in [2.05, 4.69) is 4.42 Å². The van der Waals surface area contributed by atoms with Gasteiger partial charge in [0.25, 0.3) is 5.76 Å². The standard InChI is InChI=1S/C7H5NO5/c1-4(9)5-2-3-13-6(5)7(10)8(11)12/h2-3H,1H3. The first-order valence-corrected chi connectivity index (χ1v) is 3.31. The first-order chi connectivity index (χ1) is 6.04. The number of nitro groups is 1. The van der Waals surface area contributed by atoms with Crippen molar-refractivity contribution in [3.63, 3.8) is 0 Å². The second-order valence-electron chi connectivity index (χ2n) is 2.28. The van der Waals surface area contributed by atoms with Crippen molar-refractivity contribution >= 4 is 11.7 Å². The molecule has 0 saturated heterocycles. The lowest BCUT2D eigenvalue weighted by molar-refractivity contribution is -0.376. The topological polar surface area (TPSA) is 90.4 Å². The Balaban J connectivity index is 3.15. The minimum absolute atomic E-state index is 0.0679. The molecule has 0 saturated carbocycles. The highest BCUT2D eigenvalue weighted by molar-refractivity contribution is 6.03. The Labute approximate surface area is 72.3 Å². The molecular formula is C7H5NO5. The number of hydrogen-bond donors (Lipinski definition) is 0. The Bertz CT molecular complexity index is 378. The van der Waals surface area contributed by atoms with Crippen LogP contribution in [-0.4, -0.2) is 16.6 Å². The molecule has 0 aliphatic rings. The smallest absolute Gasteiger partial charge is 0.454 e. The molecule has 0 N–H and O–H groups in total. The van der Waals surface area contributed by atoms with Crippen LogP contribution in [0.4, 0.5) is 0 Å². The zero-order valence-electron chi connectivity index (χ0n) is 6.64. The van der Waals surface area contributed by atoms with Crippen molar-refractivity contribution in [3.8, 4) is 0 Å². The largest absolute Gasteiger partial charge is 0.512 e. The number of furan rings is 1. The predicted octanol–water partition coefficient (Wildman–Crippen LogP) is 0.899. The van der Waals surface area contributed by atoms with Crippen LogP contribution in [0.25, 0.3) is 0 Å². The third kappa shape index (κ3) is 1.61. The summed E-state index contributed by atoms with van der Waals surface area (Å²) in [5.74, 6) is -2.37. The molecule has 0 bridgehead atoms. The highest BCUT2D eigenvalue weighted by atomic mass is 16.6. The first kappa shape index (κ1) is 9.11. The van der Waals surface area contributed by atoms with E-state index < -0.39 is 22.4 Å². The van der Waals surface area contributed by atoms with Gasteiger partial charge in [-0.1, -0.05) is 0 Å². The van der Waals surface area contributed by atoms with Gasteiger partial charge in [0.15, 0.2) is 5.78 Å². The Morgan fingerprint density at radius 3 is 2.62 bits per heavy atom. The third-order valence-electron chi connectivity index (χ3n) is 1.40. The SMILES string of the molecule is CC(=O)c1ccoc1C(=O)[N+](=O)[O-]. The van der Waals surface area contributed by atoms with Crippen molar-refractivity contribution in [2.45, 2.75) is 6.92 Å². The summed E-state index contributed by atoms with van der Waals surface area (Å²) in [6.45, 7) is 1.20. The highest BCUT2D eigenvalue weighted by Gasteiger charge is 2.27. The minimum Gasteiger partial charge on any atom is -0.454 e. The van der Waals surface area contributed by atoms with E-state index in [0.717, 1.165) is 6.26 Å². The fraction of sp³-hybridized carbons (Fsp3) is 0.143. The van der Waals surface area contributed by atoms with Crippen molar-refractivity contribution in [2.75, 3.05) is 0 Å². The summed E-state index contributed by atoms with van der Waals surface area (Å²) < 4.78 is 4.54. The molecule has 0 unspecified atom stereocenters. The van der Waals surface area contributed by atoms with Crippen molar-refractivity contribution in [1.29, 1.82) is 0 Å². The fourth-order valence-electron chi connectivity index (χ4n) is 0.835. The lowest BCUT2D eigenvalue weighted by Gasteiger charge is -1.89. The lowest BCUT2D eigenvalue weighted by Crippen LogP contribution is -2.13. The third-order valence-corrected chi connectivity index (χ3v) is 1.40. The second kappa shape index (κ2) is 3.18. The van der Waals surface area contributed by atoms with Gasteiger partial charge in [-0.25, -0.2) is 4.79 Å². The highest BCUT2D eigenvalue weighted by Crippen LogP contribution is 2.11. The van der Waals surface area contributed by atoms with E-state index in [1.165, 1.54) is 13.0 Å². The van der Waals surface area contributed by atoms with Gasteiger partial charge in [-0.3, -0.25) is 14.9 Å². The fourth-order valence-corrected chi connectivity index (χ4v) is 0.835. The van der Waals surface area contributed by atoms with Crippen LogP contribution in [0.15, 0.2) is 16.7 Å². The normalized spacial score (nSPS) is 9.62. The van der Waals surface area contributed by atoms with Crippen LogP contribution in [-0.2, 0) is 0 Å². The van der Waals surface area contributed by atoms with Crippen LogP contribution in [0.1, 0.15) is 27.8 Å².